The van der Waals surface area contributed by atoms with Crippen LogP contribution in [0.4, 0.5) is 0 Å². The van der Waals surface area contributed by atoms with Crippen molar-refractivity contribution in [2.45, 2.75) is 0 Å². The molecule has 0 heteroatoms. The third kappa shape index (κ3) is 4.24. The molecule has 10 aromatic rings. The number of hydrogen-bond donors (Lipinski definition) is 0. The normalized spacial score (nSPS) is 11.8. The van der Waals surface area contributed by atoms with E-state index in [1.807, 2.05) is 0 Å². The van der Waals surface area contributed by atoms with Gasteiger partial charge >= 0.3 is 0 Å². The predicted octanol–water partition coefficient (Wildman–Crippen LogP) is 13.6. The first-order chi connectivity index (χ1) is 23.8. The molecule has 0 radical (unpaired) electrons. The molecule has 0 nitrogen and oxygen atoms in total. The smallest absolute Gasteiger partial charge is 0.00264 e. The van der Waals surface area contributed by atoms with E-state index in [1.165, 1.54) is 98.0 Å². The fraction of sp³-hybridized carbons (Fsp3) is 0. The van der Waals surface area contributed by atoms with Crippen molar-refractivity contribution in [2.24, 2.45) is 0 Å². The molecular formula is C48H30. The molecule has 0 aliphatic heterocycles. The van der Waals surface area contributed by atoms with E-state index in [1.54, 1.807) is 0 Å². The van der Waals surface area contributed by atoms with E-state index in [9.17, 15) is 0 Å². The van der Waals surface area contributed by atoms with E-state index >= 15 is 0 Å². The highest BCUT2D eigenvalue weighted by molar-refractivity contribution is 6.17. The van der Waals surface area contributed by atoms with Gasteiger partial charge in [0.1, 0.15) is 0 Å². The summed E-state index contributed by atoms with van der Waals surface area (Å²) in [6.07, 6.45) is 0. The first-order valence-electron chi connectivity index (χ1n) is 16.7. The second-order valence-electron chi connectivity index (χ2n) is 12.9. The fourth-order valence-corrected chi connectivity index (χ4v) is 7.89. The van der Waals surface area contributed by atoms with E-state index in [0.717, 1.165) is 0 Å². The SMILES string of the molecule is c1ccc2c(-c3ccc4c(-c5ccc6c(ccc7ccccc76)c5)c5cc(-c6cccc7ccccc67)ccc5cc4c3)cccc2c1. The van der Waals surface area contributed by atoms with Crippen molar-refractivity contribution >= 4 is 64.6 Å². The van der Waals surface area contributed by atoms with Crippen molar-refractivity contribution in [3.05, 3.63) is 182 Å². The summed E-state index contributed by atoms with van der Waals surface area (Å²) in [6.45, 7) is 0. The van der Waals surface area contributed by atoms with Crippen molar-refractivity contribution in [3.63, 3.8) is 0 Å². The van der Waals surface area contributed by atoms with Gasteiger partial charge in [0.25, 0.3) is 0 Å². The Labute approximate surface area is 279 Å². The summed E-state index contributed by atoms with van der Waals surface area (Å²) < 4.78 is 0. The van der Waals surface area contributed by atoms with Crippen LogP contribution >= 0.6 is 0 Å². The monoisotopic (exact) mass is 606 g/mol. The van der Waals surface area contributed by atoms with Crippen molar-refractivity contribution in [1.29, 1.82) is 0 Å². The number of fused-ring (bicyclic) bond motifs is 7. The Bertz CT molecular complexity index is 2880. The molecule has 0 aromatic heterocycles. The lowest BCUT2D eigenvalue weighted by molar-refractivity contribution is 1.66. The molecule has 10 rings (SSSR count). The van der Waals surface area contributed by atoms with Gasteiger partial charge in [-0.05, 0) is 122 Å². The van der Waals surface area contributed by atoms with Gasteiger partial charge in [-0.25, -0.2) is 0 Å². The minimum Gasteiger partial charge on any atom is -0.0616 e. The van der Waals surface area contributed by atoms with Gasteiger partial charge < -0.3 is 0 Å². The first-order valence-corrected chi connectivity index (χ1v) is 16.7. The second-order valence-corrected chi connectivity index (χ2v) is 12.9. The van der Waals surface area contributed by atoms with E-state index < -0.39 is 0 Å². The Kier molecular flexibility index (Phi) is 5.98. The van der Waals surface area contributed by atoms with Gasteiger partial charge in [0.05, 0.1) is 0 Å². The highest BCUT2D eigenvalue weighted by atomic mass is 14.2. The molecule has 0 unspecified atom stereocenters. The van der Waals surface area contributed by atoms with Crippen LogP contribution in [0.3, 0.4) is 0 Å². The van der Waals surface area contributed by atoms with Crippen LogP contribution in [0.25, 0.3) is 98.0 Å². The molecule has 0 amide bonds. The molecule has 0 bridgehead atoms. The Hall–Kier alpha value is -6.24. The van der Waals surface area contributed by atoms with Gasteiger partial charge in [0.2, 0.25) is 0 Å². The van der Waals surface area contributed by atoms with E-state index in [-0.39, 0.29) is 0 Å². The first kappa shape index (κ1) is 26.9. The molecule has 0 fully saturated rings. The Morgan fingerprint density at radius 1 is 0.208 bits per heavy atom. The molecule has 48 heavy (non-hydrogen) atoms. The summed E-state index contributed by atoms with van der Waals surface area (Å²) in [5.74, 6) is 0. The van der Waals surface area contributed by atoms with Crippen LogP contribution < -0.4 is 0 Å². The van der Waals surface area contributed by atoms with Crippen LogP contribution in [0.5, 0.6) is 0 Å². The van der Waals surface area contributed by atoms with Gasteiger partial charge in [-0.2, -0.15) is 0 Å². The third-order valence-electron chi connectivity index (χ3n) is 10.2. The highest BCUT2D eigenvalue weighted by Crippen LogP contribution is 2.42. The fourth-order valence-electron chi connectivity index (χ4n) is 7.89. The van der Waals surface area contributed by atoms with Crippen molar-refractivity contribution in [2.75, 3.05) is 0 Å². The third-order valence-corrected chi connectivity index (χ3v) is 10.2. The van der Waals surface area contributed by atoms with Crippen molar-refractivity contribution in [3.8, 4) is 33.4 Å². The van der Waals surface area contributed by atoms with Crippen molar-refractivity contribution in [1.82, 2.24) is 0 Å². The standard InChI is InChI=1S/C48H30/c1-4-14-40-31(9-1)12-7-17-43(40)35-23-26-46-39(28-35)29-36-21-22-37(44-18-8-13-32-10-2-5-15-41(32)44)30-47(36)48(46)38-24-25-45-34(27-38)20-19-33-11-3-6-16-42(33)45/h1-30H. The molecule has 0 saturated heterocycles. The van der Waals surface area contributed by atoms with E-state index in [4.69, 9.17) is 0 Å². The zero-order chi connectivity index (χ0) is 31.6. The molecule has 0 spiro atoms. The molecular weight excluding hydrogens is 577 g/mol. The van der Waals surface area contributed by atoms with Crippen LogP contribution in [0.2, 0.25) is 0 Å². The number of benzene rings is 10. The summed E-state index contributed by atoms with van der Waals surface area (Å²) in [5, 5.41) is 15.2. The second kappa shape index (κ2) is 10.7. The van der Waals surface area contributed by atoms with Gasteiger partial charge in [0, 0.05) is 0 Å². The van der Waals surface area contributed by atoms with Gasteiger partial charge in [-0.3, -0.25) is 0 Å². The summed E-state index contributed by atoms with van der Waals surface area (Å²) >= 11 is 0. The molecule has 0 heterocycles. The summed E-state index contributed by atoms with van der Waals surface area (Å²) in [4.78, 5) is 0. The molecule has 10 aromatic carbocycles. The molecule has 0 aliphatic rings. The average Bonchev–Trinajstić information content (AvgIpc) is 3.16. The quantitative estimate of drug-likeness (QED) is 0.139. The van der Waals surface area contributed by atoms with Crippen LogP contribution in [-0.4, -0.2) is 0 Å². The van der Waals surface area contributed by atoms with Crippen LogP contribution in [0.1, 0.15) is 0 Å². The summed E-state index contributed by atoms with van der Waals surface area (Å²) in [6, 6.07) is 67.3. The zero-order valence-electron chi connectivity index (χ0n) is 26.3. The highest BCUT2D eigenvalue weighted by Gasteiger charge is 2.15. The van der Waals surface area contributed by atoms with Gasteiger partial charge in [-0.15, -0.1) is 0 Å². The lowest BCUT2D eigenvalue weighted by atomic mass is 9.87. The van der Waals surface area contributed by atoms with E-state index in [2.05, 4.69) is 182 Å². The molecule has 0 N–H and O–H groups in total. The maximum absolute atomic E-state index is 2.41. The Morgan fingerprint density at radius 3 is 1.40 bits per heavy atom. The maximum Gasteiger partial charge on any atom is -0.00264 e. The largest absolute Gasteiger partial charge is 0.0616 e. The topological polar surface area (TPSA) is 0 Å². The molecule has 0 saturated carbocycles. The lowest BCUT2D eigenvalue weighted by Crippen LogP contribution is -1.90. The zero-order valence-corrected chi connectivity index (χ0v) is 26.3. The minimum atomic E-state index is 1.24. The molecule has 222 valence electrons. The number of hydrogen-bond acceptors (Lipinski definition) is 0. The van der Waals surface area contributed by atoms with E-state index in [0.29, 0.717) is 0 Å². The Balaban J connectivity index is 1.26. The van der Waals surface area contributed by atoms with Crippen molar-refractivity contribution < 1.29 is 0 Å². The summed E-state index contributed by atoms with van der Waals surface area (Å²) in [5.41, 5.74) is 7.52. The molecule has 0 aliphatic carbocycles. The summed E-state index contributed by atoms with van der Waals surface area (Å²) in [7, 11) is 0. The van der Waals surface area contributed by atoms with Crippen LogP contribution in [0.15, 0.2) is 182 Å². The van der Waals surface area contributed by atoms with Gasteiger partial charge in [-0.1, -0.05) is 158 Å². The lowest BCUT2D eigenvalue weighted by Gasteiger charge is -2.16. The average molecular weight is 607 g/mol. The van der Waals surface area contributed by atoms with Crippen LogP contribution in [0, 0.1) is 0 Å². The molecule has 0 atom stereocenters. The number of rotatable bonds is 3. The minimum absolute atomic E-state index is 1.24. The Morgan fingerprint density at radius 2 is 0.667 bits per heavy atom. The van der Waals surface area contributed by atoms with Gasteiger partial charge in [0.15, 0.2) is 0 Å². The maximum atomic E-state index is 2.41. The van der Waals surface area contributed by atoms with Crippen LogP contribution in [-0.2, 0) is 0 Å². The predicted molar refractivity (Wildman–Crippen MR) is 208 cm³/mol.